The van der Waals surface area contributed by atoms with Crippen LogP contribution in [0.3, 0.4) is 0 Å². The Labute approximate surface area is 167 Å². The Balaban J connectivity index is 1.89. The number of rotatable bonds is 5. The molecule has 1 aliphatic rings. The van der Waals surface area contributed by atoms with E-state index in [0.29, 0.717) is 35.4 Å². The minimum absolute atomic E-state index is 0.00635. The van der Waals surface area contributed by atoms with E-state index in [1.165, 1.54) is 0 Å². The highest BCUT2D eigenvalue weighted by atomic mass is 16.3. The second kappa shape index (κ2) is 9.39. The number of hydrogen-bond donors (Lipinski definition) is 1. The molecule has 1 aliphatic carbocycles. The van der Waals surface area contributed by atoms with E-state index in [1.54, 1.807) is 48.5 Å². The smallest absolute Gasteiger partial charge is 0.185 e. The Bertz CT molecular complexity index is 974. The normalized spacial score (nSPS) is 18.9. The molecule has 3 rings (SSSR count). The Kier molecular flexibility index (Phi) is 6.45. The van der Waals surface area contributed by atoms with E-state index < -0.39 is 0 Å². The molecular weight excluding hydrogens is 368 g/mol. The largest absolute Gasteiger partial charge is 0.396 e. The van der Waals surface area contributed by atoms with E-state index >= 15 is 0 Å². The van der Waals surface area contributed by atoms with Gasteiger partial charge in [-0.1, -0.05) is 58.8 Å². The number of allylic oxidation sites excluding steroid dienone is 2. The zero-order valence-electron chi connectivity index (χ0n) is 15.5. The zero-order valence-corrected chi connectivity index (χ0v) is 15.5. The van der Waals surface area contributed by atoms with Crippen molar-refractivity contribution in [2.75, 3.05) is 6.61 Å². The van der Waals surface area contributed by atoms with Crippen molar-refractivity contribution in [3.05, 3.63) is 91.7 Å². The van der Waals surface area contributed by atoms with Crippen molar-refractivity contribution in [3.8, 4) is 0 Å². The minimum Gasteiger partial charge on any atom is -0.396 e. The van der Waals surface area contributed by atoms with Crippen LogP contribution in [0.25, 0.3) is 33.0 Å². The topological polar surface area (TPSA) is 135 Å². The number of nitrogens with zero attached hydrogens (tertiary/aromatic N) is 6. The van der Waals surface area contributed by atoms with Crippen molar-refractivity contribution in [2.45, 2.75) is 12.8 Å². The average molecular weight is 386 g/mol. The SMILES string of the molecule is [N-]=[N+]=Nc1ccc(/C=C2\CC(CO)C/C(=C\c3ccc(N=[N+]=[N-])cc3)C2=O)cc1. The molecule has 29 heavy (non-hydrogen) atoms. The molecule has 144 valence electrons. The minimum atomic E-state index is -0.0482. The van der Waals surface area contributed by atoms with Gasteiger partial charge in [0.15, 0.2) is 5.78 Å². The summed E-state index contributed by atoms with van der Waals surface area (Å²) in [4.78, 5) is 18.5. The van der Waals surface area contributed by atoms with Gasteiger partial charge in [-0.3, -0.25) is 4.79 Å². The van der Waals surface area contributed by atoms with Gasteiger partial charge in [0.2, 0.25) is 0 Å². The highest BCUT2D eigenvalue weighted by Gasteiger charge is 2.27. The van der Waals surface area contributed by atoms with Crippen LogP contribution in [-0.2, 0) is 4.79 Å². The fourth-order valence-electron chi connectivity index (χ4n) is 3.24. The summed E-state index contributed by atoms with van der Waals surface area (Å²) >= 11 is 0. The predicted molar refractivity (Wildman–Crippen MR) is 111 cm³/mol. The molecule has 0 unspecified atom stereocenters. The molecule has 1 saturated carbocycles. The fourth-order valence-corrected chi connectivity index (χ4v) is 3.24. The third kappa shape index (κ3) is 5.12. The zero-order chi connectivity index (χ0) is 20.6. The maximum Gasteiger partial charge on any atom is 0.185 e. The summed E-state index contributed by atoms with van der Waals surface area (Å²) in [6, 6.07) is 13.9. The molecule has 0 radical (unpaired) electrons. The van der Waals surface area contributed by atoms with Crippen molar-refractivity contribution < 1.29 is 9.90 Å². The van der Waals surface area contributed by atoms with Crippen molar-refractivity contribution in [1.29, 1.82) is 0 Å². The average Bonchev–Trinajstić information content (AvgIpc) is 2.74. The van der Waals surface area contributed by atoms with Crippen molar-refractivity contribution >= 4 is 29.3 Å². The molecule has 0 amide bonds. The van der Waals surface area contributed by atoms with Gasteiger partial charge in [0.05, 0.1) is 0 Å². The van der Waals surface area contributed by atoms with Gasteiger partial charge >= 0.3 is 0 Å². The van der Waals surface area contributed by atoms with Crippen molar-refractivity contribution in [3.63, 3.8) is 0 Å². The number of carbonyl (C=O) groups excluding carboxylic acids is 1. The Morgan fingerprint density at radius 1 is 0.862 bits per heavy atom. The molecule has 0 spiro atoms. The summed E-state index contributed by atoms with van der Waals surface area (Å²) in [5, 5.41) is 16.7. The summed E-state index contributed by atoms with van der Waals surface area (Å²) in [6.07, 6.45) is 4.62. The van der Waals surface area contributed by atoms with Gasteiger partial charge < -0.3 is 5.11 Å². The number of Topliss-reactive ketones (excluding diaryl/α,β-unsaturated/α-hetero) is 1. The maximum absolute atomic E-state index is 13.0. The quantitative estimate of drug-likeness (QED) is 0.291. The lowest BCUT2D eigenvalue weighted by atomic mass is 9.80. The van der Waals surface area contributed by atoms with Crippen LogP contribution >= 0.6 is 0 Å². The van der Waals surface area contributed by atoms with E-state index in [4.69, 9.17) is 11.1 Å². The highest BCUT2D eigenvalue weighted by Crippen LogP contribution is 2.32. The van der Waals surface area contributed by atoms with Crippen LogP contribution in [0.15, 0.2) is 69.9 Å². The fraction of sp³-hybridized carbons (Fsp3) is 0.190. The van der Waals surface area contributed by atoms with Crippen LogP contribution in [0.1, 0.15) is 24.0 Å². The third-order valence-electron chi connectivity index (χ3n) is 4.65. The van der Waals surface area contributed by atoms with Gasteiger partial charge in [-0.2, -0.15) is 0 Å². The molecule has 1 N–H and O–H groups in total. The Morgan fingerprint density at radius 2 is 1.28 bits per heavy atom. The Hall–Kier alpha value is -3.83. The summed E-state index contributed by atoms with van der Waals surface area (Å²) in [6.45, 7) is -0.00635. The number of ketones is 1. The molecule has 0 bridgehead atoms. The third-order valence-corrected chi connectivity index (χ3v) is 4.65. The molecule has 8 heteroatoms. The molecule has 2 aromatic carbocycles. The second-order valence-corrected chi connectivity index (χ2v) is 6.69. The van der Waals surface area contributed by atoms with Crippen LogP contribution in [0, 0.1) is 5.92 Å². The number of azide groups is 2. The first kappa shape index (κ1) is 19.9. The number of hydrogen-bond acceptors (Lipinski definition) is 4. The summed E-state index contributed by atoms with van der Waals surface area (Å²) in [5.41, 5.74) is 20.9. The van der Waals surface area contributed by atoms with Crippen molar-refractivity contribution in [1.82, 2.24) is 0 Å². The maximum atomic E-state index is 13.0. The first-order valence-corrected chi connectivity index (χ1v) is 9.00. The molecule has 8 nitrogen and oxygen atoms in total. The van der Waals surface area contributed by atoms with Crippen molar-refractivity contribution in [2.24, 2.45) is 16.1 Å². The van der Waals surface area contributed by atoms with Gasteiger partial charge in [0.25, 0.3) is 0 Å². The van der Waals surface area contributed by atoms with E-state index in [0.717, 1.165) is 11.1 Å². The van der Waals surface area contributed by atoms with Gasteiger partial charge in [0.1, 0.15) is 0 Å². The monoisotopic (exact) mass is 386 g/mol. The first-order chi connectivity index (χ1) is 14.1. The number of benzene rings is 2. The van der Waals surface area contributed by atoms with E-state index in [2.05, 4.69) is 20.1 Å². The highest BCUT2D eigenvalue weighted by molar-refractivity contribution is 6.14. The number of aliphatic hydroxyl groups excluding tert-OH is 1. The second-order valence-electron chi connectivity index (χ2n) is 6.69. The van der Waals surface area contributed by atoms with E-state index in [9.17, 15) is 9.90 Å². The summed E-state index contributed by atoms with van der Waals surface area (Å²) < 4.78 is 0. The van der Waals surface area contributed by atoms with E-state index in [-0.39, 0.29) is 18.3 Å². The Morgan fingerprint density at radius 3 is 1.62 bits per heavy atom. The lowest BCUT2D eigenvalue weighted by Gasteiger charge is -2.24. The standard InChI is InChI=1S/C21H18N6O2/c22-26-24-19-5-1-14(2-6-19)9-17-11-16(13-28)12-18(21(17)29)10-15-3-7-20(8-4-15)25-27-23/h1-10,16,28H,11-13H2/b17-9+,18-10+. The van der Waals surface area contributed by atoms with Crippen LogP contribution < -0.4 is 0 Å². The lowest BCUT2D eigenvalue weighted by molar-refractivity contribution is -0.113. The van der Waals surface area contributed by atoms with Gasteiger partial charge in [-0.05, 0) is 53.1 Å². The molecular formula is C21H18N6O2. The molecule has 0 heterocycles. The summed E-state index contributed by atoms with van der Waals surface area (Å²) in [5.74, 6) is -0.0805. The van der Waals surface area contributed by atoms with Gasteiger partial charge in [-0.25, -0.2) is 0 Å². The van der Waals surface area contributed by atoms with Crippen LogP contribution in [0.5, 0.6) is 0 Å². The molecule has 0 aromatic heterocycles. The molecule has 0 atom stereocenters. The van der Waals surface area contributed by atoms with Gasteiger partial charge in [-0.15, -0.1) is 0 Å². The number of aliphatic hydroxyl groups is 1. The van der Waals surface area contributed by atoms with E-state index in [1.807, 2.05) is 12.2 Å². The number of carbonyl (C=O) groups is 1. The molecule has 1 fully saturated rings. The molecule has 0 aliphatic heterocycles. The van der Waals surface area contributed by atoms with Crippen LogP contribution in [0.2, 0.25) is 0 Å². The molecule has 0 saturated heterocycles. The van der Waals surface area contributed by atoms with Gasteiger partial charge in [0, 0.05) is 39.0 Å². The molecule has 2 aromatic rings. The first-order valence-electron chi connectivity index (χ1n) is 9.00. The summed E-state index contributed by atoms with van der Waals surface area (Å²) in [7, 11) is 0. The lowest BCUT2D eigenvalue weighted by Crippen LogP contribution is -2.22. The van der Waals surface area contributed by atoms with Crippen LogP contribution in [-0.4, -0.2) is 17.5 Å². The van der Waals surface area contributed by atoms with Crippen LogP contribution in [0.4, 0.5) is 11.4 Å². The predicted octanol–water partition coefficient (Wildman–Crippen LogP) is 6.01.